The van der Waals surface area contributed by atoms with Crippen molar-refractivity contribution in [2.45, 2.75) is 18.6 Å². The van der Waals surface area contributed by atoms with Crippen LogP contribution in [-0.2, 0) is 19.1 Å². The number of esters is 1. The van der Waals surface area contributed by atoms with E-state index in [0.29, 0.717) is 5.56 Å². The minimum Gasteiger partial charge on any atom is -0.467 e. The maximum Gasteiger partial charge on any atom is 0.333 e. The van der Waals surface area contributed by atoms with Gasteiger partial charge in [0.1, 0.15) is 0 Å². The van der Waals surface area contributed by atoms with Crippen LogP contribution >= 0.6 is 0 Å². The molecule has 2 atom stereocenters. The molecule has 0 fully saturated rings. The first-order valence-corrected chi connectivity index (χ1v) is 6.27. The summed E-state index contributed by atoms with van der Waals surface area (Å²) >= 11 is 0. The second-order valence-electron chi connectivity index (χ2n) is 4.23. The van der Waals surface area contributed by atoms with Gasteiger partial charge in [0.05, 0.1) is 19.6 Å². The lowest BCUT2D eigenvalue weighted by Crippen LogP contribution is -2.37. The number of nitrogens with one attached hydrogen (secondary N) is 1. The number of hydrogen-bond donors (Lipinski definition) is 2. The van der Waals surface area contributed by atoms with E-state index in [9.17, 15) is 9.59 Å². The number of ether oxygens (including phenoxy) is 2. The van der Waals surface area contributed by atoms with Crippen molar-refractivity contribution < 1.29 is 19.1 Å². The maximum absolute atomic E-state index is 11.9. The number of rotatable bonds is 7. The Morgan fingerprint density at radius 3 is 2.40 bits per heavy atom. The minimum absolute atomic E-state index is 0.0906. The van der Waals surface area contributed by atoms with Crippen molar-refractivity contribution in [2.24, 2.45) is 5.73 Å². The van der Waals surface area contributed by atoms with Crippen LogP contribution in [0, 0.1) is 0 Å². The maximum atomic E-state index is 11.9. The molecule has 0 heterocycles. The second kappa shape index (κ2) is 8.29. The Morgan fingerprint density at radius 1 is 1.25 bits per heavy atom. The van der Waals surface area contributed by atoms with Crippen LogP contribution in [0.15, 0.2) is 30.3 Å². The van der Waals surface area contributed by atoms with E-state index in [1.807, 2.05) is 6.07 Å². The average Bonchev–Trinajstić information content (AvgIpc) is 2.50. The number of hydrogen-bond acceptors (Lipinski definition) is 5. The van der Waals surface area contributed by atoms with Crippen LogP contribution in [0.5, 0.6) is 0 Å². The zero-order valence-electron chi connectivity index (χ0n) is 11.7. The Hall–Kier alpha value is -1.92. The fraction of sp³-hybridized carbons (Fsp3) is 0.429. The molecule has 6 nitrogen and oxygen atoms in total. The molecule has 0 spiro atoms. The molecule has 2 unspecified atom stereocenters. The van der Waals surface area contributed by atoms with Crippen molar-refractivity contribution in [3.63, 3.8) is 0 Å². The van der Waals surface area contributed by atoms with E-state index in [-0.39, 0.29) is 25.0 Å². The summed E-state index contributed by atoms with van der Waals surface area (Å²) in [5.74, 6) is -0.840. The van der Waals surface area contributed by atoms with Crippen molar-refractivity contribution in [3.8, 4) is 0 Å². The topological polar surface area (TPSA) is 90.7 Å². The molecular weight excluding hydrogens is 260 g/mol. The number of carbonyl (C=O) groups is 2. The average molecular weight is 280 g/mol. The zero-order chi connectivity index (χ0) is 15.0. The van der Waals surface area contributed by atoms with E-state index in [1.54, 1.807) is 24.3 Å². The van der Waals surface area contributed by atoms with Gasteiger partial charge < -0.3 is 20.5 Å². The number of nitrogens with two attached hydrogens (primary N) is 1. The Bertz CT molecular complexity index is 432. The predicted molar refractivity (Wildman–Crippen MR) is 73.8 cm³/mol. The third kappa shape index (κ3) is 4.64. The fourth-order valence-corrected chi connectivity index (χ4v) is 1.73. The van der Waals surface area contributed by atoms with Gasteiger partial charge in [-0.2, -0.15) is 0 Å². The first-order chi connectivity index (χ1) is 9.62. The molecule has 110 valence electrons. The molecule has 3 N–H and O–H groups in total. The highest BCUT2D eigenvalue weighted by Gasteiger charge is 2.24. The van der Waals surface area contributed by atoms with Gasteiger partial charge in [0.15, 0.2) is 6.04 Å². The number of methoxy groups -OCH3 is 2. The molecule has 0 saturated carbocycles. The molecule has 1 rings (SSSR count). The van der Waals surface area contributed by atoms with Gasteiger partial charge in [0, 0.05) is 13.7 Å². The molecule has 0 aliphatic carbocycles. The predicted octanol–water partition coefficient (Wildman–Crippen LogP) is 0.381. The molecule has 1 aromatic rings. The van der Waals surface area contributed by atoms with Gasteiger partial charge in [-0.15, -0.1) is 0 Å². The van der Waals surface area contributed by atoms with Crippen molar-refractivity contribution in [2.75, 3.05) is 20.8 Å². The lowest BCUT2D eigenvalue weighted by molar-refractivity contribution is -0.145. The van der Waals surface area contributed by atoms with Crippen LogP contribution in [-0.4, -0.2) is 38.7 Å². The summed E-state index contributed by atoms with van der Waals surface area (Å²) in [6.45, 7) is 0.234. The number of amides is 1. The largest absolute Gasteiger partial charge is 0.467 e. The van der Waals surface area contributed by atoms with E-state index in [2.05, 4.69) is 5.32 Å². The van der Waals surface area contributed by atoms with Crippen LogP contribution in [0.2, 0.25) is 0 Å². The van der Waals surface area contributed by atoms with Gasteiger partial charge in [-0.3, -0.25) is 4.79 Å². The molecule has 1 aromatic carbocycles. The third-order valence-electron chi connectivity index (χ3n) is 2.88. The highest BCUT2D eigenvalue weighted by molar-refractivity contribution is 5.85. The van der Waals surface area contributed by atoms with E-state index in [4.69, 9.17) is 15.2 Å². The van der Waals surface area contributed by atoms with Crippen LogP contribution in [0.25, 0.3) is 0 Å². The Labute approximate surface area is 118 Å². The van der Waals surface area contributed by atoms with Gasteiger partial charge in [0.2, 0.25) is 5.91 Å². The Kier molecular flexibility index (Phi) is 6.69. The van der Waals surface area contributed by atoms with Gasteiger partial charge in [-0.25, -0.2) is 4.79 Å². The lowest BCUT2D eigenvalue weighted by Gasteiger charge is -2.18. The van der Waals surface area contributed by atoms with E-state index in [0.717, 1.165) is 0 Å². The second-order valence-corrected chi connectivity index (χ2v) is 4.23. The molecule has 1 amide bonds. The Morgan fingerprint density at radius 2 is 1.90 bits per heavy atom. The van der Waals surface area contributed by atoms with Crippen LogP contribution in [0.1, 0.15) is 18.0 Å². The molecule has 0 aliphatic rings. The summed E-state index contributed by atoms with van der Waals surface area (Å²) in [5.41, 5.74) is 6.12. The molecule has 0 aliphatic heterocycles. The first kappa shape index (κ1) is 16.1. The van der Waals surface area contributed by atoms with E-state index < -0.39 is 12.0 Å². The first-order valence-electron chi connectivity index (χ1n) is 6.27. The summed E-state index contributed by atoms with van der Waals surface area (Å²) in [5, 5.41) is 2.63. The molecular formula is C14H20N2O4. The SMILES string of the molecule is COC(=O)C(NC(=O)CC(CN)OC)c1ccccc1. The quantitative estimate of drug-likeness (QED) is 0.705. The standard InChI is InChI=1S/C14H20N2O4/c1-19-11(9-15)8-12(17)16-13(14(18)20-2)10-6-4-3-5-7-10/h3-7,11,13H,8-9,15H2,1-2H3,(H,16,17). The minimum atomic E-state index is -0.830. The van der Waals surface area contributed by atoms with Gasteiger partial charge in [0.25, 0.3) is 0 Å². The monoisotopic (exact) mass is 280 g/mol. The molecule has 0 aromatic heterocycles. The fourth-order valence-electron chi connectivity index (χ4n) is 1.73. The van der Waals surface area contributed by atoms with Crippen molar-refractivity contribution >= 4 is 11.9 Å². The summed E-state index contributed by atoms with van der Waals surface area (Å²) in [7, 11) is 2.77. The van der Waals surface area contributed by atoms with Crippen molar-refractivity contribution in [1.82, 2.24) is 5.32 Å². The van der Waals surface area contributed by atoms with Gasteiger partial charge >= 0.3 is 5.97 Å². The van der Waals surface area contributed by atoms with E-state index in [1.165, 1.54) is 14.2 Å². The number of carbonyl (C=O) groups excluding carboxylic acids is 2. The molecule has 6 heteroatoms. The molecule has 0 bridgehead atoms. The Balaban J connectivity index is 2.76. The van der Waals surface area contributed by atoms with Gasteiger partial charge in [-0.1, -0.05) is 30.3 Å². The van der Waals surface area contributed by atoms with Gasteiger partial charge in [-0.05, 0) is 5.56 Å². The normalized spacial score (nSPS) is 13.3. The lowest BCUT2D eigenvalue weighted by atomic mass is 10.1. The summed E-state index contributed by atoms with van der Waals surface area (Å²) in [4.78, 5) is 23.7. The third-order valence-corrected chi connectivity index (χ3v) is 2.88. The summed E-state index contributed by atoms with van der Waals surface area (Å²) < 4.78 is 9.76. The summed E-state index contributed by atoms with van der Waals surface area (Å²) in [6, 6.07) is 8.07. The van der Waals surface area contributed by atoms with Crippen molar-refractivity contribution in [1.29, 1.82) is 0 Å². The zero-order valence-corrected chi connectivity index (χ0v) is 11.7. The van der Waals surface area contributed by atoms with Crippen LogP contribution in [0.3, 0.4) is 0 Å². The van der Waals surface area contributed by atoms with E-state index >= 15 is 0 Å². The number of benzene rings is 1. The van der Waals surface area contributed by atoms with Crippen LogP contribution < -0.4 is 11.1 Å². The molecule has 0 radical (unpaired) electrons. The highest BCUT2D eigenvalue weighted by atomic mass is 16.5. The van der Waals surface area contributed by atoms with Crippen LogP contribution in [0.4, 0.5) is 0 Å². The summed E-state index contributed by atoms with van der Waals surface area (Å²) in [6.07, 6.45) is -0.281. The smallest absolute Gasteiger partial charge is 0.333 e. The molecule has 0 saturated heterocycles. The highest BCUT2D eigenvalue weighted by Crippen LogP contribution is 2.14. The van der Waals surface area contributed by atoms with Crippen molar-refractivity contribution in [3.05, 3.63) is 35.9 Å². The molecule has 20 heavy (non-hydrogen) atoms.